The van der Waals surface area contributed by atoms with Gasteiger partial charge in [-0.15, -0.1) is 0 Å². The van der Waals surface area contributed by atoms with E-state index in [1.54, 1.807) is 0 Å². The van der Waals surface area contributed by atoms with E-state index >= 15 is 0 Å². The van der Waals surface area contributed by atoms with Crippen LogP contribution in [0.15, 0.2) is 0 Å². The van der Waals surface area contributed by atoms with E-state index in [0.717, 1.165) is 25.8 Å². The first kappa shape index (κ1) is 14.0. The molecule has 96 valence electrons. The first-order valence-corrected chi connectivity index (χ1v) is 6.55. The Morgan fingerprint density at radius 3 is 2.76 bits per heavy atom. The summed E-state index contributed by atoms with van der Waals surface area (Å²) >= 11 is 0. The number of carbonyl (C=O) groups excluding carboxylic acids is 1. The third-order valence-corrected chi connectivity index (χ3v) is 2.89. The first-order chi connectivity index (χ1) is 8.15. The zero-order valence-electron chi connectivity index (χ0n) is 10.9. The molecule has 1 N–H and O–H groups in total. The van der Waals surface area contributed by atoms with Crippen LogP contribution in [0, 0.1) is 11.3 Å². The lowest BCUT2D eigenvalue weighted by Crippen LogP contribution is -2.34. The van der Waals surface area contributed by atoms with Gasteiger partial charge in [-0.1, -0.05) is 13.8 Å². The molecule has 0 aromatic rings. The fourth-order valence-corrected chi connectivity index (χ4v) is 1.84. The number of hydrogen-bond acceptors (Lipinski definition) is 3. The molecular formula is C13H23N3O. The quantitative estimate of drug-likeness (QED) is 0.653. The third-order valence-electron chi connectivity index (χ3n) is 2.89. The van der Waals surface area contributed by atoms with Crippen molar-refractivity contribution in [1.82, 2.24) is 10.2 Å². The highest BCUT2D eigenvalue weighted by Gasteiger charge is 2.31. The van der Waals surface area contributed by atoms with Gasteiger partial charge in [0.1, 0.15) is 0 Å². The molecule has 0 radical (unpaired) electrons. The van der Waals surface area contributed by atoms with E-state index in [-0.39, 0.29) is 5.91 Å². The highest BCUT2D eigenvalue weighted by molar-refractivity contribution is 5.76. The standard InChI is InChI=1S/C13H23N3O/c1-11(2)15-9-3-5-13(17)16(10-4-8-14)12-6-7-12/h11-12,15H,3-7,9-10H2,1-2H3. The van der Waals surface area contributed by atoms with E-state index < -0.39 is 0 Å². The maximum absolute atomic E-state index is 12.0. The fourth-order valence-electron chi connectivity index (χ4n) is 1.84. The van der Waals surface area contributed by atoms with Gasteiger partial charge in [-0.3, -0.25) is 4.79 Å². The van der Waals surface area contributed by atoms with E-state index in [2.05, 4.69) is 25.2 Å². The number of nitriles is 1. The number of carbonyl (C=O) groups is 1. The molecule has 0 unspecified atom stereocenters. The van der Waals surface area contributed by atoms with Crippen LogP contribution in [0.2, 0.25) is 0 Å². The van der Waals surface area contributed by atoms with Crippen LogP contribution in [0.5, 0.6) is 0 Å². The Morgan fingerprint density at radius 2 is 2.24 bits per heavy atom. The highest BCUT2D eigenvalue weighted by Crippen LogP contribution is 2.27. The van der Waals surface area contributed by atoms with E-state index in [0.29, 0.717) is 31.5 Å². The van der Waals surface area contributed by atoms with Crippen molar-refractivity contribution >= 4 is 5.91 Å². The number of rotatable bonds is 8. The summed E-state index contributed by atoms with van der Waals surface area (Å²) in [5.74, 6) is 0.216. The van der Waals surface area contributed by atoms with Gasteiger partial charge in [-0.05, 0) is 25.8 Å². The van der Waals surface area contributed by atoms with Crippen LogP contribution in [-0.4, -0.2) is 36.0 Å². The smallest absolute Gasteiger partial charge is 0.222 e. The minimum atomic E-state index is 0.216. The molecule has 1 fully saturated rings. The maximum atomic E-state index is 12.0. The number of hydrogen-bond donors (Lipinski definition) is 1. The van der Waals surface area contributed by atoms with E-state index in [1.807, 2.05) is 4.90 Å². The van der Waals surface area contributed by atoms with Gasteiger partial charge in [0.25, 0.3) is 0 Å². The molecule has 0 aliphatic heterocycles. The Balaban J connectivity index is 2.21. The second-order valence-corrected chi connectivity index (χ2v) is 4.94. The number of nitrogens with zero attached hydrogens (tertiary/aromatic N) is 2. The van der Waals surface area contributed by atoms with Gasteiger partial charge in [-0.25, -0.2) is 0 Å². The summed E-state index contributed by atoms with van der Waals surface area (Å²) in [5.41, 5.74) is 0. The molecule has 0 atom stereocenters. The summed E-state index contributed by atoms with van der Waals surface area (Å²) in [4.78, 5) is 13.9. The predicted octanol–water partition coefficient (Wildman–Crippen LogP) is 1.67. The average molecular weight is 237 g/mol. The largest absolute Gasteiger partial charge is 0.339 e. The van der Waals surface area contributed by atoms with Gasteiger partial charge in [-0.2, -0.15) is 5.26 Å². The van der Waals surface area contributed by atoms with Gasteiger partial charge in [0.2, 0.25) is 5.91 Å². The normalized spacial score (nSPS) is 14.7. The van der Waals surface area contributed by atoms with Crippen LogP contribution in [-0.2, 0) is 4.79 Å². The van der Waals surface area contributed by atoms with Crippen LogP contribution in [0.4, 0.5) is 0 Å². The Morgan fingerprint density at radius 1 is 1.53 bits per heavy atom. The first-order valence-electron chi connectivity index (χ1n) is 6.55. The second-order valence-electron chi connectivity index (χ2n) is 4.94. The van der Waals surface area contributed by atoms with Crippen LogP contribution < -0.4 is 5.32 Å². The Hall–Kier alpha value is -1.08. The molecule has 1 aliphatic carbocycles. The zero-order chi connectivity index (χ0) is 12.7. The SMILES string of the molecule is CC(C)NCCCC(=O)N(CCC#N)C1CC1. The van der Waals surface area contributed by atoms with Crippen molar-refractivity contribution in [3.63, 3.8) is 0 Å². The van der Waals surface area contributed by atoms with Crippen molar-refractivity contribution in [1.29, 1.82) is 5.26 Å². The van der Waals surface area contributed by atoms with Crippen molar-refractivity contribution in [2.75, 3.05) is 13.1 Å². The average Bonchev–Trinajstić information content (AvgIpc) is 3.09. The third kappa shape index (κ3) is 5.69. The Kier molecular flexibility index (Phi) is 5.99. The fraction of sp³-hybridized carbons (Fsp3) is 0.846. The van der Waals surface area contributed by atoms with Gasteiger partial charge in [0.15, 0.2) is 0 Å². The molecule has 0 saturated heterocycles. The van der Waals surface area contributed by atoms with Crippen molar-refractivity contribution in [3.05, 3.63) is 0 Å². The molecule has 0 bridgehead atoms. The summed E-state index contributed by atoms with van der Waals surface area (Å²) in [7, 11) is 0. The molecule has 1 aliphatic rings. The minimum Gasteiger partial charge on any atom is -0.339 e. The molecule has 0 aromatic heterocycles. The molecule has 17 heavy (non-hydrogen) atoms. The van der Waals surface area contributed by atoms with Crippen LogP contribution in [0.1, 0.15) is 46.0 Å². The van der Waals surface area contributed by atoms with Crippen LogP contribution in [0.3, 0.4) is 0 Å². The summed E-state index contributed by atoms with van der Waals surface area (Å²) < 4.78 is 0. The molecule has 0 aromatic carbocycles. The molecule has 0 heterocycles. The second kappa shape index (κ2) is 7.29. The van der Waals surface area contributed by atoms with Crippen molar-refractivity contribution < 1.29 is 4.79 Å². The van der Waals surface area contributed by atoms with E-state index in [1.165, 1.54) is 0 Å². The molecule has 1 rings (SSSR count). The van der Waals surface area contributed by atoms with Gasteiger partial charge in [0, 0.05) is 25.0 Å². The predicted molar refractivity (Wildman–Crippen MR) is 67.3 cm³/mol. The molecule has 1 saturated carbocycles. The van der Waals surface area contributed by atoms with E-state index in [4.69, 9.17) is 5.26 Å². The lowest BCUT2D eigenvalue weighted by atomic mass is 10.2. The number of nitrogens with one attached hydrogen (secondary N) is 1. The molecule has 4 nitrogen and oxygen atoms in total. The summed E-state index contributed by atoms with van der Waals surface area (Å²) in [6.07, 6.45) is 4.16. The highest BCUT2D eigenvalue weighted by atomic mass is 16.2. The summed E-state index contributed by atoms with van der Waals surface area (Å²) in [5, 5.41) is 11.9. The monoisotopic (exact) mass is 237 g/mol. The lowest BCUT2D eigenvalue weighted by molar-refractivity contribution is -0.131. The van der Waals surface area contributed by atoms with Crippen molar-refractivity contribution in [3.8, 4) is 6.07 Å². The van der Waals surface area contributed by atoms with Crippen LogP contribution in [0.25, 0.3) is 0 Å². The minimum absolute atomic E-state index is 0.216. The number of amides is 1. The Bertz CT molecular complexity index is 279. The van der Waals surface area contributed by atoms with Crippen molar-refractivity contribution in [2.45, 2.75) is 58.0 Å². The molecular weight excluding hydrogens is 214 g/mol. The topological polar surface area (TPSA) is 56.1 Å². The van der Waals surface area contributed by atoms with Gasteiger partial charge >= 0.3 is 0 Å². The molecule has 1 amide bonds. The lowest BCUT2D eigenvalue weighted by Gasteiger charge is -2.21. The van der Waals surface area contributed by atoms with Crippen LogP contribution >= 0.6 is 0 Å². The van der Waals surface area contributed by atoms with Gasteiger partial charge in [0.05, 0.1) is 12.5 Å². The van der Waals surface area contributed by atoms with E-state index in [9.17, 15) is 4.79 Å². The summed E-state index contributed by atoms with van der Waals surface area (Å²) in [6.45, 7) is 5.70. The van der Waals surface area contributed by atoms with Gasteiger partial charge < -0.3 is 10.2 Å². The maximum Gasteiger partial charge on any atom is 0.222 e. The molecule has 4 heteroatoms. The van der Waals surface area contributed by atoms with Crippen molar-refractivity contribution in [2.24, 2.45) is 0 Å². The zero-order valence-corrected chi connectivity index (χ0v) is 10.9. The Labute approximate surface area is 104 Å². The summed E-state index contributed by atoms with van der Waals surface area (Å²) in [6, 6.07) is 3.01. The molecule has 0 spiro atoms.